The minimum atomic E-state index is -1.13. The highest BCUT2D eigenvalue weighted by molar-refractivity contribution is 5.85. The van der Waals surface area contributed by atoms with Gasteiger partial charge in [-0.05, 0) is 44.9 Å². The molecule has 3 fully saturated rings. The predicted octanol–water partition coefficient (Wildman–Crippen LogP) is 6.11. The molecule has 0 aliphatic heterocycles. The zero-order valence-corrected chi connectivity index (χ0v) is 18.0. The second-order valence-electron chi connectivity index (χ2n) is 9.23. The Morgan fingerprint density at radius 3 is 1.38 bits per heavy atom. The summed E-state index contributed by atoms with van der Waals surface area (Å²) in [6, 6.07) is 0. The molecule has 0 aromatic heterocycles. The number of aliphatic carboxylic acids is 1. The molecule has 3 aliphatic rings. The van der Waals surface area contributed by atoms with Gasteiger partial charge in [0.05, 0.1) is 18.3 Å². The fourth-order valence-corrected chi connectivity index (χ4v) is 4.98. The highest BCUT2D eigenvalue weighted by Crippen LogP contribution is 2.37. The van der Waals surface area contributed by atoms with E-state index in [1.54, 1.807) is 0 Å². The Bertz CT molecular complexity index is 463. The van der Waals surface area contributed by atoms with Crippen molar-refractivity contribution in [2.75, 3.05) is 0 Å². The van der Waals surface area contributed by atoms with Gasteiger partial charge in [0.15, 0.2) is 0 Å². The fourth-order valence-electron chi connectivity index (χ4n) is 4.98. The molecule has 3 saturated carbocycles. The van der Waals surface area contributed by atoms with Crippen LogP contribution in [0.15, 0.2) is 12.2 Å². The van der Waals surface area contributed by atoms with Gasteiger partial charge >= 0.3 is 5.97 Å². The lowest BCUT2D eigenvalue weighted by Gasteiger charge is -2.43. The highest BCUT2D eigenvalue weighted by atomic mass is 16.9. The first kappa shape index (κ1) is 22.8. The number of carboxylic acids is 1. The van der Waals surface area contributed by atoms with Crippen LogP contribution >= 0.6 is 0 Å². The number of carboxylic acid groups (broad SMARTS) is 1. The van der Waals surface area contributed by atoms with Gasteiger partial charge in [-0.2, -0.15) is 0 Å². The predicted molar refractivity (Wildman–Crippen MR) is 113 cm³/mol. The molecule has 166 valence electrons. The molecule has 0 heterocycles. The van der Waals surface area contributed by atoms with E-state index >= 15 is 0 Å². The zero-order chi connectivity index (χ0) is 20.5. The van der Waals surface area contributed by atoms with E-state index in [2.05, 4.69) is 6.58 Å². The summed E-state index contributed by atoms with van der Waals surface area (Å²) in [5.41, 5.74) is 0.195. The Balaban J connectivity index is 1.77. The minimum absolute atomic E-state index is 0.133. The monoisotopic (exact) mass is 408 g/mol. The van der Waals surface area contributed by atoms with E-state index < -0.39 is 11.9 Å². The number of hydrogen-bond donors (Lipinski definition) is 1. The molecule has 1 N–H and O–H groups in total. The maximum atomic E-state index is 11.4. The minimum Gasteiger partial charge on any atom is -0.478 e. The molecular weight excluding hydrogens is 368 g/mol. The molecule has 0 aromatic rings. The average molecular weight is 409 g/mol. The third kappa shape index (κ3) is 7.37. The van der Waals surface area contributed by atoms with Gasteiger partial charge in [0.25, 0.3) is 5.97 Å². The van der Waals surface area contributed by atoms with E-state index in [4.69, 9.17) is 14.2 Å². The molecule has 0 spiro atoms. The van der Waals surface area contributed by atoms with Crippen molar-refractivity contribution in [1.29, 1.82) is 0 Å². The Morgan fingerprint density at radius 2 is 1.07 bits per heavy atom. The first-order valence-corrected chi connectivity index (χ1v) is 12.0. The smallest absolute Gasteiger partial charge is 0.330 e. The Labute approximate surface area is 176 Å². The summed E-state index contributed by atoms with van der Waals surface area (Å²) in [5, 5.41) is 9.32. The van der Waals surface area contributed by atoms with E-state index in [1.165, 1.54) is 57.8 Å². The summed E-state index contributed by atoms with van der Waals surface area (Å²) in [6.45, 7) is 3.73. The van der Waals surface area contributed by atoms with Crippen molar-refractivity contribution in [1.82, 2.24) is 0 Å². The van der Waals surface area contributed by atoms with Gasteiger partial charge in [0.2, 0.25) is 0 Å². The number of hydrogen-bond acceptors (Lipinski definition) is 4. The topological polar surface area (TPSA) is 65.0 Å². The van der Waals surface area contributed by atoms with Crippen LogP contribution in [0, 0.1) is 0 Å². The van der Waals surface area contributed by atoms with E-state index in [0.717, 1.165) is 38.5 Å². The lowest BCUT2D eigenvalue weighted by Crippen LogP contribution is -2.48. The van der Waals surface area contributed by atoms with Gasteiger partial charge < -0.3 is 19.3 Å². The summed E-state index contributed by atoms with van der Waals surface area (Å²) in [7, 11) is 0. The summed E-state index contributed by atoms with van der Waals surface area (Å²) in [6.07, 6.45) is 18.1. The molecule has 0 aromatic carbocycles. The molecule has 29 heavy (non-hydrogen) atoms. The van der Waals surface area contributed by atoms with Crippen LogP contribution in [0.3, 0.4) is 0 Å². The first-order chi connectivity index (χ1) is 14.1. The van der Waals surface area contributed by atoms with Crippen LogP contribution < -0.4 is 0 Å². The molecular formula is C24H40O5. The fraction of sp³-hybridized carbons (Fsp3) is 0.875. The molecule has 0 radical (unpaired) electrons. The van der Waals surface area contributed by atoms with E-state index in [-0.39, 0.29) is 23.9 Å². The Hall–Kier alpha value is -0.910. The maximum absolute atomic E-state index is 11.4. The molecule has 0 saturated heterocycles. The molecule has 3 aliphatic carbocycles. The Morgan fingerprint density at radius 1 is 0.724 bits per heavy atom. The summed E-state index contributed by atoms with van der Waals surface area (Å²) >= 11 is 0. The van der Waals surface area contributed by atoms with Crippen LogP contribution in [-0.2, 0) is 19.0 Å². The SMILES string of the molecule is C=C(CCC(OC1CCCCC1)(OC1CCCCC1)OC1CCCCC1)C(=O)O. The van der Waals surface area contributed by atoms with Crippen molar-refractivity contribution in [2.24, 2.45) is 0 Å². The summed E-state index contributed by atoms with van der Waals surface area (Å²) < 4.78 is 19.9. The third-order valence-electron chi connectivity index (χ3n) is 6.73. The third-order valence-corrected chi connectivity index (χ3v) is 6.73. The van der Waals surface area contributed by atoms with E-state index in [1.807, 2.05) is 0 Å². The highest BCUT2D eigenvalue weighted by Gasteiger charge is 2.42. The summed E-state index contributed by atoms with van der Waals surface area (Å²) in [4.78, 5) is 11.4. The number of ether oxygens (including phenoxy) is 3. The van der Waals surface area contributed by atoms with Gasteiger partial charge in [-0.25, -0.2) is 4.79 Å². The standard InChI is InChI=1S/C24H40O5/c1-19(23(25)26)17-18-24(27-20-11-5-2-6-12-20,28-21-13-7-3-8-14-21)29-22-15-9-4-10-16-22/h20-22H,1-18H2,(H,25,26). The van der Waals surface area contributed by atoms with Crippen molar-refractivity contribution in [3.63, 3.8) is 0 Å². The molecule has 0 unspecified atom stereocenters. The van der Waals surface area contributed by atoms with Crippen molar-refractivity contribution < 1.29 is 24.1 Å². The molecule has 5 nitrogen and oxygen atoms in total. The van der Waals surface area contributed by atoms with Crippen LogP contribution in [-0.4, -0.2) is 35.4 Å². The molecule has 3 rings (SSSR count). The van der Waals surface area contributed by atoms with Crippen molar-refractivity contribution >= 4 is 5.97 Å². The largest absolute Gasteiger partial charge is 0.478 e. The second-order valence-corrected chi connectivity index (χ2v) is 9.23. The van der Waals surface area contributed by atoms with Crippen molar-refractivity contribution in [3.8, 4) is 0 Å². The van der Waals surface area contributed by atoms with E-state index in [9.17, 15) is 9.90 Å². The van der Waals surface area contributed by atoms with Gasteiger partial charge in [-0.1, -0.05) is 64.4 Å². The lowest BCUT2D eigenvalue weighted by molar-refractivity contribution is -0.424. The van der Waals surface area contributed by atoms with Crippen molar-refractivity contribution in [3.05, 3.63) is 12.2 Å². The Kier molecular flexibility index (Phi) is 9.01. The zero-order valence-electron chi connectivity index (χ0n) is 18.0. The quantitative estimate of drug-likeness (QED) is 0.349. The average Bonchev–Trinajstić information content (AvgIpc) is 2.74. The molecule has 0 atom stereocenters. The number of carbonyl (C=O) groups is 1. The van der Waals surface area contributed by atoms with Gasteiger partial charge in [0, 0.05) is 12.0 Å². The second kappa shape index (κ2) is 11.5. The lowest BCUT2D eigenvalue weighted by atomic mass is 9.96. The number of rotatable bonds is 10. The van der Waals surface area contributed by atoms with Crippen molar-refractivity contribution in [2.45, 2.75) is 133 Å². The van der Waals surface area contributed by atoms with Crippen LogP contribution in [0.2, 0.25) is 0 Å². The molecule has 0 amide bonds. The maximum Gasteiger partial charge on any atom is 0.330 e. The van der Waals surface area contributed by atoms with E-state index in [0.29, 0.717) is 12.8 Å². The van der Waals surface area contributed by atoms with Crippen LogP contribution in [0.25, 0.3) is 0 Å². The van der Waals surface area contributed by atoms with Crippen LogP contribution in [0.1, 0.15) is 109 Å². The van der Waals surface area contributed by atoms with Crippen LogP contribution in [0.4, 0.5) is 0 Å². The van der Waals surface area contributed by atoms with Gasteiger partial charge in [-0.15, -0.1) is 0 Å². The van der Waals surface area contributed by atoms with Gasteiger partial charge in [-0.3, -0.25) is 0 Å². The van der Waals surface area contributed by atoms with Gasteiger partial charge in [0.1, 0.15) is 0 Å². The molecule has 0 bridgehead atoms. The molecule has 5 heteroatoms. The normalized spacial score (nSPS) is 23.2. The first-order valence-electron chi connectivity index (χ1n) is 12.0. The summed E-state index contributed by atoms with van der Waals surface area (Å²) in [5.74, 6) is -2.09. The van der Waals surface area contributed by atoms with Crippen LogP contribution in [0.5, 0.6) is 0 Å².